The molecule has 4 aromatic rings. The quantitative estimate of drug-likeness (QED) is 0.156. The summed E-state index contributed by atoms with van der Waals surface area (Å²) < 4.78 is 11.9. The molecule has 4 rings (SSSR count). The Morgan fingerprint density at radius 1 is 0.634 bits per heavy atom. The van der Waals surface area contributed by atoms with Crippen LogP contribution in [0.2, 0.25) is 0 Å². The number of rotatable bonds is 14. The second-order valence-corrected chi connectivity index (χ2v) is 10.1. The lowest BCUT2D eigenvalue weighted by molar-refractivity contribution is 0.300. The minimum absolute atomic E-state index is 0.186. The van der Waals surface area contributed by atoms with Crippen molar-refractivity contribution in [3.05, 3.63) is 101 Å². The van der Waals surface area contributed by atoms with Crippen molar-refractivity contribution in [1.82, 2.24) is 0 Å². The minimum Gasteiger partial charge on any atom is -0.507 e. The lowest BCUT2D eigenvalue weighted by Gasteiger charge is -2.20. The molecule has 7 nitrogen and oxygen atoms in total. The molecule has 7 heteroatoms. The molecule has 4 aromatic carbocycles. The second kappa shape index (κ2) is 14.7. The van der Waals surface area contributed by atoms with Crippen LogP contribution in [0.1, 0.15) is 27.8 Å². The third-order valence-corrected chi connectivity index (χ3v) is 7.23. The van der Waals surface area contributed by atoms with E-state index in [1.807, 2.05) is 60.7 Å². The molecule has 9 N–H and O–H groups in total. The maximum Gasteiger partial charge on any atom is 0.126 e. The molecule has 0 aliphatic carbocycles. The Morgan fingerprint density at radius 2 is 1.20 bits per heavy atom. The summed E-state index contributed by atoms with van der Waals surface area (Å²) in [6.07, 6.45) is 2.65. The van der Waals surface area contributed by atoms with Crippen molar-refractivity contribution < 1.29 is 14.6 Å². The predicted octanol–water partition coefficient (Wildman–Crippen LogP) is 4.32. The van der Waals surface area contributed by atoms with Gasteiger partial charge in [-0.3, -0.25) is 0 Å². The number of hydrogen-bond donors (Lipinski definition) is 5. The number of phenols is 1. The molecular formula is C34H42N4O3. The van der Waals surface area contributed by atoms with Crippen molar-refractivity contribution in [2.45, 2.75) is 32.3 Å². The molecule has 0 aliphatic rings. The first-order chi connectivity index (χ1) is 20.0. The monoisotopic (exact) mass is 554 g/mol. The molecule has 0 bridgehead atoms. The molecule has 0 saturated carbocycles. The van der Waals surface area contributed by atoms with E-state index in [1.54, 1.807) is 7.11 Å². The maximum absolute atomic E-state index is 11.4. The van der Waals surface area contributed by atoms with Crippen LogP contribution in [0.4, 0.5) is 0 Å². The molecule has 0 atom stereocenters. The van der Waals surface area contributed by atoms with Crippen molar-refractivity contribution in [3.63, 3.8) is 0 Å². The summed E-state index contributed by atoms with van der Waals surface area (Å²) in [4.78, 5) is 0. The second-order valence-electron chi connectivity index (χ2n) is 10.1. The fourth-order valence-electron chi connectivity index (χ4n) is 5.37. The van der Waals surface area contributed by atoms with Crippen molar-refractivity contribution in [3.8, 4) is 39.5 Å². The number of benzene rings is 4. The van der Waals surface area contributed by atoms with Crippen LogP contribution in [0.3, 0.4) is 0 Å². The summed E-state index contributed by atoms with van der Waals surface area (Å²) in [5, 5.41) is 11.4. The Labute approximate surface area is 243 Å². The highest BCUT2D eigenvalue weighted by Gasteiger charge is 2.18. The largest absolute Gasteiger partial charge is 0.507 e. The lowest BCUT2D eigenvalue weighted by atomic mass is 9.89. The van der Waals surface area contributed by atoms with Crippen LogP contribution in [0.5, 0.6) is 17.2 Å². The maximum atomic E-state index is 11.4. The number of phenolic OH excluding ortho intramolecular Hbond substituents is 1. The van der Waals surface area contributed by atoms with E-state index in [-0.39, 0.29) is 5.75 Å². The van der Waals surface area contributed by atoms with Crippen LogP contribution in [-0.2, 0) is 32.3 Å². The molecule has 0 saturated heterocycles. The third kappa shape index (κ3) is 7.26. The summed E-state index contributed by atoms with van der Waals surface area (Å²) >= 11 is 0. The van der Waals surface area contributed by atoms with Crippen LogP contribution in [0, 0.1) is 0 Å². The first-order valence-electron chi connectivity index (χ1n) is 14.2. The van der Waals surface area contributed by atoms with Crippen LogP contribution in [0.15, 0.2) is 72.8 Å². The van der Waals surface area contributed by atoms with Gasteiger partial charge in [-0.2, -0.15) is 0 Å². The van der Waals surface area contributed by atoms with Crippen molar-refractivity contribution in [2.24, 2.45) is 22.9 Å². The van der Waals surface area contributed by atoms with E-state index in [9.17, 15) is 5.11 Å². The van der Waals surface area contributed by atoms with Gasteiger partial charge in [-0.05, 0) is 127 Å². The summed E-state index contributed by atoms with van der Waals surface area (Å²) in [6.45, 7) is 2.40. The van der Waals surface area contributed by atoms with E-state index in [1.165, 1.54) is 0 Å². The zero-order valence-electron chi connectivity index (χ0n) is 23.9. The van der Waals surface area contributed by atoms with E-state index in [0.717, 1.165) is 61.6 Å². The van der Waals surface area contributed by atoms with E-state index >= 15 is 0 Å². The number of aromatic hydroxyl groups is 1. The van der Waals surface area contributed by atoms with Crippen molar-refractivity contribution in [2.75, 3.05) is 33.3 Å². The molecule has 41 heavy (non-hydrogen) atoms. The summed E-state index contributed by atoms with van der Waals surface area (Å²) in [5.74, 6) is 1.78. The van der Waals surface area contributed by atoms with Crippen LogP contribution in [-0.4, -0.2) is 38.4 Å². The first-order valence-corrected chi connectivity index (χ1v) is 14.2. The van der Waals surface area contributed by atoms with Gasteiger partial charge in [-0.1, -0.05) is 42.5 Å². The van der Waals surface area contributed by atoms with Gasteiger partial charge in [0.1, 0.15) is 23.9 Å². The van der Waals surface area contributed by atoms with Gasteiger partial charge in [0.15, 0.2) is 0 Å². The molecule has 0 amide bonds. The lowest BCUT2D eigenvalue weighted by Crippen LogP contribution is -2.10. The molecule has 0 spiro atoms. The molecule has 0 fully saturated rings. The van der Waals surface area contributed by atoms with Crippen LogP contribution < -0.4 is 32.4 Å². The number of hydrogen-bond acceptors (Lipinski definition) is 7. The summed E-state index contributed by atoms with van der Waals surface area (Å²) in [6, 6.07) is 24.1. The highest BCUT2D eigenvalue weighted by Crippen LogP contribution is 2.40. The number of ether oxygens (including phenoxy) is 2. The SMILES string of the molecule is COc1cc(CCN)c(-c2ccc(-c3cc(CCN)c(OCc4ccccc4)c(CCN)c3)c(O)c2)c(CCN)c1. The fraction of sp³-hybridized carbons (Fsp3) is 0.294. The van der Waals surface area contributed by atoms with Gasteiger partial charge in [0.2, 0.25) is 0 Å². The first kappa shape index (κ1) is 30.1. The molecule has 0 radical (unpaired) electrons. The van der Waals surface area contributed by atoms with Gasteiger partial charge < -0.3 is 37.5 Å². The topological polar surface area (TPSA) is 143 Å². The van der Waals surface area contributed by atoms with Gasteiger partial charge in [0, 0.05) is 5.56 Å². The van der Waals surface area contributed by atoms with E-state index < -0.39 is 0 Å². The van der Waals surface area contributed by atoms with E-state index in [0.29, 0.717) is 58.5 Å². The normalized spacial score (nSPS) is 11.0. The zero-order chi connectivity index (χ0) is 29.2. The molecular weight excluding hydrogens is 512 g/mol. The number of nitrogens with two attached hydrogens (primary N) is 4. The Hall–Kier alpha value is -3.88. The van der Waals surface area contributed by atoms with E-state index in [4.69, 9.17) is 32.4 Å². The third-order valence-electron chi connectivity index (χ3n) is 7.23. The van der Waals surface area contributed by atoms with Gasteiger partial charge in [-0.25, -0.2) is 0 Å². The molecule has 0 aliphatic heterocycles. The highest BCUT2D eigenvalue weighted by atomic mass is 16.5. The fourth-order valence-corrected chi connectivity index (χ4v) is 5.37. The van der Waals surface area contributed by atoms with Gasteiger partial charge in [0.05, 0.1) is 7.11 Å². The predicted molar refractivity (Wildman–Crippen MR) is 167 cm³/mol. The average molecular weight is 555 g/mol. The van der Waals surface area contributed by atoms with Gasteiger partial charge in [-0.15, -0.1) is 0 Å². The molecule has 0 heterocycles. The van der Waals surface area contributed by atoms with Crippen LogP contribution in [0.25, 0.3) is 22.3 Å². The minimum atomic E-state index is 0.186. The van der Waals surface area contributed by atoms with Crippen molar-refractivity contribution >= 4 is 0 Å². The standard InChI is InChI=1S/C34H42N4O3/c1-40-30-19-25(9-13-35)33(26(20-30)10-14-36)24-7-8-31(32(39)21-24)29-17-27(11-15-37)34(28(18-29)12-16-38)41-22-23-5-3-2-4-6-23/h2-8,17-21,39H,9-16,22,35-38H2,1H3. The zero-order valence-corrected chi connectivity index (χ0v) is 23.9. The molecule has 0 unspecified atom stereocenters. The number of methoxy groups -OCH3 is 1. The average Bonchev–Trinajstić information content (AvgIpc) is 2.97. The van der Waals surface area contributed by atoms with Gasteiger partial charge in [0.25, 0.3) is 0 Å². The molecule has 0 aromatic heterocycles. The Kier molecular flexibility index (Phi) is 10.8. The Bertz CT molecular complexity index is 1390. The summed E-state index contributed by atoms with van der Waals surface area (Å²) in [5.41, 5.74) is 32.7. The Balaban J connectivity index is 1.77. The van der Waals surface area contributed by atoms with Crippen LogP contribution >= 0.6 is 0 Å². The van der Waals surface area contributed by atoms with E-state index in [2.05, 4.69) is 12.1 Å². The Morgan fingerprint density at radius 3 is 1.71 bits per heavy atom. The molecule has 216 valence electrons. The highest BCUT2D eigenvalue weighted by molar-refractivity contribution is 5.80. The van der Waals surface area contributed by atoms with Crippen molar-refractivity contribution in [1.29, 1.82) is 0 Å². The summed E-state index contributed by atoms with van der Waals surface area (Å²) in [7, 11) is 1.66. The smallest absolute Gasteiger partial charge is 0.126 e. The van der Waals surface area contributed by atoms with Gasteiger partial charge >= 0.3 is 0 Å².